The number of nitrogens with one attached hydrogen (secondary N) is 1. The van der Waals surface area contributed by atoms with Crippen molar-refractivity contribution in [3.63, 3.8) is 0 Å². The first-order valence-corrected chi connectivity index (χ1v) is 6.83. The summed E-state index contributed by atoms with van der Waals surface area (Å²) in [5.41, 5.74) is 3.12. The van der Waals surface area contributed by atoms with E-state index in [1.165, 1.54) is 25.8 Å². The molecule has 0 bridgehead atoms. The van der Waals surface area contributed by atoms with E-state index in [1.807, 2.05) is 0 Å². The van der Waals surface area contributed by atoms with Gasteiger partial charge in [-0.3, -0.25) is 0 Å². The molecule has 0 amide bonds. The van der Waals surface area contributed by atoms with Gasteiger partial charge in [0, 0.05) is 25.0 Å². The van der Waals surface area contributed by atoms with Crippen molar-refractivity contribution in [2.75, 3.05) is 26.7 Å². The van der Waals surface area contributed by atoms with Crippen molar-refractivity contribution < 1.29 is 0 Å². The Morgan fingerprint density at radius 1 is 1.29 bits per heavy atom. The van der Waals surface area contributed by atoms with Crippen molar-refractivity contribution in [3.8, 4) is 0 Å². The molecule has 1 aliphatic heterocycles. The molecule has 1 aliphatic carbocycles. The van der Waals surface area contributed by atoms with Gasteiger partial charge in [-0.05, 0) is 44.0 Å². The Morgan fingerprint density at radius 2 is 2.18 bits per heavy atom. The van der Waals surface area contributed by atoms with E-state index >= 15 is 0 Å². The van der Waals surface area contributed by atoms with Gasteiger partial charge >= 0.3 is 0 Å². The highest BCUT2D eigenvalue weighted by Gasteiger charge is 2.26. The summed E-state index contributed by atoms with van der Waals surface area (Å²) in [5, 5.41) is 3.66. The van der Waals surface area contributed by atoms with Gasteiger partial charge in [-0.2, -0.15) is 0 Å². The zero-order valence-electron chi connectivity index (χ0n) is 10.7. The van der Waals surface area contributed by atoms with Crippen molar-refractivity contribution in [1.82, 2.24) is 10.2 Å². The first-order valence-electron chi connectivity index (χ1n) is 6.83. The maximum Gasteiger partial charge on any atom is 0.0218 e. The lowest BCUT2D eigenvalue weighted by Crippen LogP contribution is -2.38. The third kappa shape index (κ3) is 2.24. The van der Waals surface area contributed by atoms with E-state index < -0.39 is 0 Å². The summed E-state index contributed by atoms with van der Waals surface area (Å²) < 4.78 is 0. The Bertz CT molecular complexity index is 388. The van der Waals surface area contributed by atoms with E-state index in [1.54, 1.807) is 11.1 Å². The van der Waals surface area contributed by atoms with Crippen LogP contribution in [0.3, 0.4) is 0 Å². The minimum absolute atomic E-state index is 0.762. The highest BCUT2D eigenvalue weighted by Crippen LogP contribution is 2.33. The molecule has 2 nitrogen and oxygen atoms in total. The molecule has 2 atom stereocenters. The number of fused-ring (bicyclic) bond motifs is 1. The molecule has 1 aromatic rings. The van der Waals surface area contributed by atoms with Gasteiger partial charge in [0.2, 0.25) is 0 Å². The van der Waals surface area contributed by atoms with E-state index in [9.17, 15) is 0 Å². The molecule has 17 heavy (non-hydrogen) atoms. The predicted molar refractivity (Wildman–Crippen MR) is 71.4 cm³/mol. The second-order valence-electron chi connectivity index (χ2n) is 5.53. The number of likely N-dealkylation sites (N-methyl/N-ethyl adjacent to an activating group) is 1. The molecule has 3 rings (SSSR count). The van der Waals surface area contributed by atoms with E-state index in [4.69, 9.17) is 0 Å². The summed E-state index contributed by atoms with van der Waals surface area (Å²) >= 11 is 0. The molecule has 1 fully saturated rings. The van der Waals surface area contributed by atoms with Gasteiger partial charge in [0.05, 0.1) is 0 Å². The lowest BCUT2D eigenvalue weighted by atomic mass is 9.77. The molecular weight excluding hydrogens is 208 g/mol. The largest absolute Gasteiger partial charge is 0.315 e. The monoisotopic (exact) mass is 230 g/mol. The summed E-state index contributed by atoms with van der Waals surface area (Å²) in [6.45, 7) is 3.59. The van der Waals surface area contributed by atoms with Crippen molar-refractivity contribution in [2.24, 2.45) is 0 Å². The number of benzene rings is 1. The second-order valence-corrected chi connectivity index (χ2v) is 5.53. The Hall–Kier alpha value is -0.860. The van der Waals surface area contributed by atoms with Crippen molar-refractivity contribution in [2.45, 2.75) is 31.2 Å². The fourth-order valence-electron chi connectivity index (χ4n) is 3.21. The Balaban J connectivity index is 1.45. The first-order chi connectivity index (χ1) is 8.34. The van der Waals surface area contributed by atoms with Gasteiger partial charge in [0.25, 0.3) is 0 Å². The van der Waals surface area contributed by atoms with Crippen LogP contribution in [0.1, 0.15) is 29.9 Å². The van der Waals surface area contributed by atoms with Crippen LogP contribution in [0.15, 0.2) is 24.3 Å². The minimum Gasteiger partial charge on any atom is -0.315 e. The number of hydrogen-bond acceptors (Lipinski definition) is 2. The fourth-order valence-corrected chi connectivity index (χ4v) is 3.21. The minimum atomic E-state index is 0.762. The molecule has 2 aliphatic rings. The van der Waals surface area contributed by atoms with Gasteiger partial charge in [-0.15, -0.1) is 0 Å². The molecule has 0 saturated carbocycles. The second kappa shape index (κ2) is 4.79. The molecule has 1 N–H and O–H groups in total. The van der Waals surface area contributed by atoms with Crippen LogP contribution in [0.25, 0.3) is 0 Å². The quantitative estimate of drug-likeness (QED) is 0.851. The number of likely N-dealkylation sites (tertiary alicyclic amines) is 1. The van der Waals surface area contributed by atoms with Crippen LogP contribution in [0.4, 0.5) is 0 Å². The highest BCUT2D eigenvalue weighted by atomic mass is 15.2. The third-order valence-corrected chi connectivity index (χ3v) is 4.40. The SMILES string of the molecule is CN1CCCC1CNCC1Cc2ccccc21. The van der Waals surface area contributed by atoms with E-state index in [2.05, 4.69) is 41.5 Å². The average Bonchev–Trinajstić information content (AvgIpc) is 2.71. The van der Waals surface area contributed by atoms with Gasteiger partial charge in [-0.1, -0.05) is 24.3 Å². The first kappa shape index (κ1) is 11.2. The van der Waals surface area contributed by atoms with Crippen molar-refractivity contribution in [3.05, 3.63) is 35.4 Å². The van der Waals surface area contributed by atoms with Gasteiger partial charge < -0.3 is 10.2 Å². The lowest BCUT2D eigenvalue weighted by molar-refractivity contribution is 0.298. The molecule has 2 heteroatoms. The molecule has 0 aromatic heterocycles. The summed E-state index contributed by atoms with van der Waals surface area (Å²) in [4.78, 5) is 2.49. The average molecular weight is 230 g/mol. The third-order valence-electron chi connectivity index (χ3n) is 4.40. The normalized spacial score (nSPS) is 27.8. The zero-order valence-corrected chi connectivity index (χ0v) is 10.7. The number of nitrogens with zero attached hydrogens (tertiary/aromatic N) is 1. The van der Waals surface area contributed by atoms with Crippen LogP contribution >= 0.6 is 0 Å². The van der Waals surface area contributed by atoms with Crippen LogP contribution in [0.2, 0.25) is 0 Å². The molecule has 92 valence electrons. The lowest BCUT2D eigenvalue weighted by Gasteiger charge is -2.31. The Kier molecular flexibility index (Phi) is 3.17. The summed E-state index contributed by atoms with van der Waals surface area (Å²) in [5.74, 6) is 0.762. The van der Waals surface area contributed by atoms with E-state index in [-0.39, 0.29) is 0 Å². The van der Waals surface area contributed by atoms with Crippen molar-refractivity contribution >= 4 is 0 Å². The fraction of sp³-hybridized carbons (Fsp3) is 0.600. The van der Waals surface area contributed by atoms with Crippen LogP contribution in [0.5, 0.6) is 0 Å². The molecule has 1 saturated heterocycles. The molecule has 0 spiro atoms. The van der Waals surface area contributed by atoms with Gasteiger partial charge in [-0.25, -0.2) is 0 Å². The summed E-state index contributed by atoms with van der Waals surface area (Å²) in [6.07, 6.45) is 4.00. The van der Waals surface area contributed by atoms with Gasteiger partial charge in [0.15, 0.2) is 0 Å². The van der Waals surface area contributed by atoms with Gasteiger partial charge in [0.1, 0.15) is 0 Å². The van der Waals surface area contributed by atoms with Crippen LogP contribution in [-0.4, -0.2) is 37.6 Å². The molecule has 1 aromatic carbocycles. The van der Waals surface area contributed by atoms with Crippen molar-refractivity contribution in [1.29, 1.82) is 0 Å². The number of hydrogen-bond donors (Lipinski definition) is 1. The molecule has 0 radical (unpaired) electrons. The van der Waals surface area contributed by atoms with E-state index in [0.717, 1.165) is 25.0 Å². The maximum absolute atomic E-state index is 3.66. The summed E-state index contributed by atoms with van der Waals surface area (Å²) in [7, 11) is 2.25. The van der Waals surface area contributed by atoms with Crippen LogP contribution < -0.4 is 5.32 Å². The maximum atomic E-state index is 3.66. The highest BCUT2D eigenvalue weighted by molar-refractivity contribution is 5.40. The smallest absolute Gasteiger partial charge is 0.0218 e. The van der Waals surface area contributed by atoms with E-state index in [0.29, 0.717) is 0 Å². The summed E-state index contributed by atoms with van der Waals surface area (Å²) in [6, 6.07) is 9.63. The molecule has 2 unspecified atom stereocenters. The number of rotatable bonds is 4. The Labute approximate surface area is 104 Å². The standard InChI is InChI=1S/C15H22N2/c1-17-8-4-6-14(17)11-16-10-13-9-12-5-2-3-7-15(12)13/h2-3,5,7,13-14,16H,4,6,8-11H2,1H3. The molecule has 1 heterocycles. The Morgan fingerprint density at radius 3 is 2.94 bits per heavy atom. The molecular formula is C15H22N2. The predicted octanol–water partition coefficient (Wildman–Crippen LogP) is 2.01. The topological polar surface area (TPSA) is 15.3 Å². The van der Waals surface area contributed by atoms with Crippen LogP contribution in [0, 0.1) is 0 Å². The van der Waals surface area contributed by atoms with Crippen LogP contribution in [-0.2, 0) is 6.42 Å². The zero-order chi connectivity index (χ0) is 11.7.